The van der Waals surface area contributed by atoms with E-state index in [9.17, 15) is 8.42 Å². The van der Waals surface area contributed by atoms with Crippen molar-refractivity contribution in [1.82, 2.24) is 4.83 Å². The van der Waals surface area contributed by atoms with E-state index in [0.29, 0.717) is 5.92 Å². The first-order chi connectivity index (χ1) is 8.31. The molecule has 1 N–H and O–H groups in total. The van der Waals surface area contributed by atoms with Crippen molar-refractivity contribution in [3.8, 4) is 0 Å². The molecule has 0 aliphatic heterocycles. The standard InChI is InChI=1S/C13H20N2O2S/c1-10(2)9-12(4)14-15-18(16,17)13-7-5-11(3)6-8-13/h5-8,10,15H,9H2,1-4H3/b14-12-. The van der Waals surface area contributed by atoms with Gasteiger partial charge >= 0.3 is 0 Å². The monoisotopic (exact) mass is 268 g/mol. The van der Waals surface area contributed by atoms with E-state index in [1.165, 1.54) is 0 Å². The van der Waals surface area contributed by atoms with E-state index in [4.69, 9.17) is 0 Å². The predicted molar refractivity (Wildman–Crippen MR) is 74.1 cm³/mol. The molecule has 4 nitrogen and oxygen atoms in total. The highest BCUT2D eigenvalue weighted by molar-refractivity contribution is 7.89. The molecule has 1 aromatic carbocycles. The van der Waals surface area contributed by atoms with Gasteiger partial charge in [0.25, 0.3) is 10.0 Å². The van der Waals surface area contributed by atoms with Crippen LogP contribution in [0.15, 0.2) is 34.3 Å². The van der Waals surface area contributed by atoms with Gasteiger partial charge in [-0.1, -0.05) is 31.5 Å². The Labute approximate surface area is 109 Å². The topological polar surface area (TPSA) is 58.5 Å². The van der Waals surface area contributed by atoms with Gasteiger partial charge in [0.15, 0.2) is 0 Å². The Hall–Kier alpha value is -1.36. The molecule has 0 aromatic heterocycles. The van der Waals surface area contributed by atoms with Crippen molar-refractivity contribution in [1.29, 1.82) is 0 Å². The molecule has 0 aliphatic rings. The smallest absolute Gasteiger partial charge is 0.200 e. The summed E-state index contributed by atoms with van der Waals surface area (Å²) in [6.45, 7) is 7.85. The molecule has 0 amide bonds. The van der Waals surface area contributed by atoms with Crippen molar-refractivity contribution in [2.24, 2.45) is 11.0 Å². The zero-order valence-corrected chi connectivity index (χ0v) is 12.1. The molecule has 18 heavy (non-hydrogen) atoms. The van der Waals surface area contributed by atoms with Crippen LogP contribution in [0.5, 0.6) is 0 Å². The van der Waals surface area contributed by atoms with Crippen LogP contribution in [0.3, 0.4) is 0 Å². The van der Waals surface area contributed by atoms with Gasteiger partial charge in [-0.15, -0.1) is 0 Å². The quantitative estimate of drug-likeness (QED) is 0.659. The average molecular weight is 268 g/mol. The van der Waals surface area contributed by atoms with Crippen molar-refractivity contribution in [2.45, 2.75) is 39.0 Å². The molecule has 1 aromatic rings. The van der Waals surface area contributed by atoms with Crippen molar-refractivity contribution in [2.75, 3.05) is 0 Å². The maximum atomic E-state index is 11.9. The third kappa shape index (κ3) is 4.49. The Morgan fingerprint density at radius 1 is 1.28 bits per heavy atom. The van der Waals surface area contributed by atoms with E-state index in [1.54, 1.807) is 24.3 Å². The van der Waals surface area contributed by atoms with E-state index < -0.39 is 10.0 Å². The summed E-state index contributed by atoms with van der Waals surface area (Å²) in [5.74, 6) is 0.456. The SMILES string of the molecule is C/C(CC(C)C)=N/NS(=O)(=O)c1ccc(C)cc1. The number of nitrogens with zero attached hydrogens (tertiary/aromatic N) is 1. The van der Waals surface area contributed by atoms with Crippen LogP contribution in [-0.2, 0) is 10.0 Å². The van der Waals surface area contributed by atoms with Crippen LogP contribution in [-0.4, -0.2) is 14.1 Å². The molecule has 100 valence electrons. The first kappa shape index (κ1) is 14.7. The largest absolute Gasteiger partial charge is 0.276 e. The van der Waals surface area contributed by atoms with Gasteiger partial charge in [0.2, 0.25) is 0 Å². The summed E-state index contributed by atoms with van der Waals surface area (Å²) in [7, 11) is -3.55. The minimum absolute atomic E-state index is 0.231. The molecule has 0 bridgehead atoms. The van der Waals surface area contributed by atoms with E-state index in [-0.39, 0.29) is 4.90 Å². The van der Waals surface area contributed by atoms with Crippen LogP contribution in [0, 0.1) is 12.8 Å². The number of aryl methyl sites for hydroxylation is 1. The number of nitrogens with one attached hydrogen (secondary N) is 1. The second-order valence-corrected chi connectivity index (χ2v) is 6.51. The van der Waals surface area contributed by atoms with Gasteiger partial charge in [0.1, 0.15) is 0 Å². The van der Waals surface area contributed by atoms with Crippen molar-refractivity contribution < 1.29 is 8.42 Å². The van der Waals surface area contributed by atoms with Gasteiger partial charge in [-0.2, -0.15) is 13.5 Å². The normalized spacial score (nSPS) is 12.8. The van der Waals surface area contributed by atoms with Crippen molar-refractivity contribution >= 4 is 15.7 Å². The Morgan fingerprint density at radius 2 is 1.83 bits per heavy atom. The zero-order chi connectivity index (χ0) is 13.8. The molecule has 0 unspecified atom stereocenters. The molecule has 0 saturated carbocycles. The number of benzene rings is 1. The fraction of sp³-hybridized carbons (Fsp3) is 0.462. The molecule has 0 aliphatic carbocycles. The number of hydrogen-bond donors (Lipinski definition) is 1. The summed E-state index contributed by atoms with van der Waals surface area (Å²) in [6.07, 6.45) is 0.774. The Morgan fingerprint density at radius 3 is 2.33 bits per heavy atom. The van der Waals surface area contributed by atoms with Crippen LogP contribution >= 0.6 is 0 Å². The minimum Gasteiger partial charge on any atom is -0.200 e. The maximum Gasteiger partial charge on any atom is 0.276 e. The van der Waals surface area contributed by atoms with Gasteiger partial charge in [0.05, 0.1) is 4.90 Å². The van der Waals surface area contributed by atoms with Crippen LogP contribution in [0.2, 0.25) is 0 Å². The summed E-state index contributed by atoms with van der Waals surface area (Å²) in [6, 6.07) is 6.68. The van der Waals surface area contributed by atoms with Crippen LogP contribution < -0.4 is 4.83 Å². The van der Waals surface area contributed by atoms with E-state index in [1.807, 2.05) is 13.8 Å². The fourth-order valence-electron chi connectivity index (χ4n) is 1.54. The Bertz CT molecular complexity index is 516. The lowest BCUT2D eigenvalue weighted by Crippen LogP contribution is -2.20. The minimum atomic E-state index is -3.55. The summed E-state index contributed by atoms with van der Waals surface area (Å²) < 4.78 is 23.8. The molecule has 5 heteroatoms. The third-order valence-corrected chi connectivity index (χ3v) is 3.62. The lowest BCUT2D eigenvalue weighted by molar-refractivity contribution is 0.583. The van der Waals surface area contributed by atoms with Crippen LogP contribution in [0.4, 0.5) is 0 Å². The van der Waals surface area contributed by atoms with Gasteiger partial charge in [-0.3, -0.25) is 0 Å². The first-order valence-electron chi connectivity index (χ1n) is 5.93. The number of rotatable bonds is 5. The highest BCUT2D eigenvalue weighted by Gasteiger charge is 2.12. The molecule has 0 saturated heterocycles. The number of hydrogen-bond acceptors (Lipinski definition) is 3. The molecule has 0 fully saturated rings. The highest BCUT2D eigenvalue weighted by atomic mass is 32.2. The summed E-state index contributed by atoms with van der Waals surface area (Å²) in [5.41, 5.74) is 1.80. The lowest BCUT2D eigenvalue weighted by atomic mass is 10.1. The van der Waals surface area contributed by atoms with Crippen LogP contribution in [0.1, 0.15) is 32.8 Å². The molecule has 0 atom stereocenters. The van der Waals surface area contributed by atoms with E-state index in [2.05, 4.69) is 23.8 Å². The van der Waals surface area contributed by atoms with E-state index in [0.717, 1.165) is 17.7 Å². The predicted octanol–water partition coefficient (Wildman–Crippen LogP) is 2.70. The number of sulfonamides is 1. The molecular formula is C13H20N2O2S. The molecule has 0 spiro atoms. The lowest BCUT2D eigenvalue weighted by Gasteiger charge is -2.07. The Balaban J connectivity index is 2.80. The van der Waals surface area contributed by atoms with E-state index >= 15 is 0 Å². The van der Waals surface area contributed by atoms with Crippen molar-refractivity contribution in [3.05, 3.63) is 29.8 Å². The second-order valence-electron chi connectivity index (χ2n) is 4.85. The summed E-state index contributed by atoms with van der Waals surface area (Å²) >= 11 is 0. The summed E-state index contributed by atoms with van der Waals surface area (Å²) in [5, 5.41) is 3.91. The fourth-order valence-corrected chi connectivity index (χ4v) is 2.42. The molecule has 0 radical (unpaired) electrons. The molecule has 1 rings (SSSR count). The van der Waals surface area contributed by atoms with Crippen LogP contribution in [0.25, 0.3) is 0 Å². The Kier molecular flexibility index (Phi) is 4.90. The summed E-state index contributed by atoms with van der Waals surface area (Å²) in [4.78, 5) is 2.49. The zero-order valence-electron chi connectivity index (χ0n) is 11.3. The number of hydrazone groups is 1. The molecule has 0 heterocycles. The third-order valence-electron chi connectivity index (χ3n) is 2.39. The van der Waals surface area contributed by atoms with Gasteiger partial charge < -0.3 is 0 Å². The first-order valence-corrected chi connectivity index (χ1v) is 7.41. The highest BCUT2D eigenvalue weighted by Crippen LogP contribution is 2.10. The average Bonchev–Trinajstić information content (AvgIpc) is 2.26. The van der Waals surface area contributed by atoms with Gasteiger partial charge in [-0.05, 0) is 38.3 Å². The second kappa shape index (κ2) is 6.00. The van der Waals surface area contributed by atoms with Crippen molar-refractivity contribution in [3.63, 3.8) is 0 Å². The van der Waals surface area contributed by atoms with Gasteiger partial charge in [0, 0.05) is 5.71 Å². The molecular weight excluding hydrogens is 248 g/mol. The maximum absolute atomic E-state index is 11.9. The van der Waals surface area contributed by atoms with Gasteiger partial charge in [-0.25, -0.2) is 4.83 Å².